The third-order valence-corrected chi connectivity index (χ3v) is 6.87. The van der Waals surface area contributed by atoms with E-state index in [1.807, 2.05) is 18.2 Å². The number of piperidine rings is 1. The molecule has 0 bridgehead atoms. The van der Waals surface area contributed by atoms with Gasteiger partial charge in [0.05, 0.1) is 10.7 Å². The summed E-state index contributed by atoms with van der Waals surface area (Å²) in [5.74, 6) is -2.08. The number of likely N-dealkylation sites (tertiary alicyclic amines) is 1. The number of allylic oxidation sites excluding steroid dienone is 3. The van der Waals surface area contributed by atoms with E-state index in [1.165, 1.54) is 6.92 Å². The number of hydrogen-bond donors (Lipinski definition) is 3. The largest absolute Gasteiger partial charge is 0.507 e. The molecule has 3 rings (SSSR count). The summed E-state index contributed by atoms with van der Waals surface area (Å²) in [6, 6.07) is 0.984. The van der Waals surface area contributed by atoms with Crippen LogP contribution in [0.1, 0.15) is 67.8 Å². The van der Waals surface area contributed by atoms with Crippen molar-refractivity contribution in [2.24, 2.45) is 5.16 Å². The molecule has 2 aliphatic heterocycles. The maximum atomic E-state index is 13.3. The van der Waals surface area contributed by atoms with Gasteiger partial charge >= 0.3 is 5.97 Å². The van der Waals surface area contributed by atoms with E-state index in [9.17, 15) is 24.6 Å². The lowest BCUT2D eigenvalue weighted by Gasteiger charge is -2.26. The van der Waals surface area contributed by atoms with Gasteiger partial charge in [0.15, 0.2) is 6.61 Å². The van der Waals surface area contributed by atoms with E-state index in [0.717, 1.165) is 31.7 Å². The Morgan fingerprint density at radius 3 is 2.64 bits per heavy atom. The standard InChI is InChI=1S/C28H36ClN3O7/c1-19(33)30-13-12-21-11-7-4-2-3-6-10-20(31-38-18-25(36)32-14-8-5-9-15-32)16-22-26(28(37)39-21)23(34)17-24(35)27(22)29/h4,6-7,10,17,21,34-35H,2-3,5,8-9,11-16,18H2,1H3,(H,30,33). The van der Waals surface area contributed by atoms with E-state index in [0.29, 0.717) is 44.6 Å². The maximum Gasteiger partial charge on any atom is 0.342 e. The molecule has 1 unspecified atom stereocenters. The van der Waals surface area contributed by atoms with Gasteiger partial charge in [0.1, 0.15) is 23.2 Å². The maximum absolute atomic E-state index is 13.3. The summed E-state index contributed by atoms with van der Waals surface area (Å²) in [6.07, 6.45) is 12.0. The van der Waals surface area contributed by atoms with Crippen molar-refractivity contribution in [1.82, 2.24) is 10.2 Å². The van der Waals surface area contributed by atoms with Gasteiger partial charge in [-0.25, -0.2) is 4.79 Å². The number of oxime groups is 1. The van der Waals surface area contributed by atoms with Crippen LogP contribution in [0.15, 0.2) is 35.5 Å². The van der Waals surface area contributed by atoms with Crippen molar-refractivity contribution in [3.8, 4) is 11.5 Å². The van der Waals surface area contributed by atoms with Crippen molar-refractivity contribution in [1.29, 1.82) is 0 Å². The van der Waals surface area contributed by atoms with Crippen LogP contribution in [0.2, 0.25) is 5.02 Å². The average molecular weight is 562 g/mol. The number of cyclic esters (lactones) is 1. The Labute approximate surface area is 233 Å². The van der Waals surface area contributed by atoms with Crippen molar-refractivity contribution in [2.75, 3.05) is 26.2 Å². The lowest BCUT2D eigenvalue weighted by molar-refractivity contribution is -0.137. The Bertz CT molecular complexity index is 1130. The second kappa shape index (κ2) is 15.2. The molecule has 1 saturated heterocycles. The highest BCUT2D eigenvalue weighted by molar-refractivity contribution is 6.33. The van der Waals surface area contributed by atoms with E-state index in [4.69, 9.17) is 21.2 Å². The first kappa shape index (κ1) is 30.0. The number of hydrogen-bond acceptors (Lipinski definition) is 8. The number of amides is 2. The average Bonchev–Trinajstić information content (AvgIpc) is 2.90. The van der Waals surface area contributed by atoms with Gasteiger partial charge in [-0.1, -0.05) is 35.0 Å². The zero-order valence-corrected chi connectivity index (χ0v) is 22.9. The molecule has 2 amide bonds. The number of benzene rings is 1. The predicted octanol–water partition coefficient (Wildman–Crippen LogP) is 4.03. The third kappa shape index (κ3) is 9.31. The van der Waals surface area contributed by atoms with Crippen molar-refractivity contribution in [3.05, 3.63) is 46.5 Å². The Morgan fingerprint density at radius 2 is 1.90 bits per heavy atom. The molecule has 1 fully saturated rings. The normalized spacial score (nSPS) is 19.6. The fourth-order valence-electron chi connectivity index (χ4n) is 4.41. The zero-order chi connectivity index (χ0) is 28.2. The van der Waals surface area contributed by atoms with Crippen LogP contribution < -0.4 is 5.32 Å². The highest BCUT2D eigenvalue weighted by Crippen LogP contribution is 2.37. The fraction of sp³-hybridized carbons (Fsp3) is 0.500. The van der Waals surface area contributed by atoms with Crippen molar-refractivity contribution >= 4 is 35.1 Å². The Hall–Kier alpha value is -3.53. The lowest BCUT2D eigenvalue weighted by atomic mass is 9.99. The number of carbonyl (C=O) groups is 3. The number of carbonyl (C=O) groups excluding carboxylic acids is 3. The van der Waals surface area contributed by atoms with Gasteiger partial charge < -0.3 is 30.0 Å². The molecule has 1 atom stereocenters. The smallest absolute Gasteiger partial charge is 0.342 e. The predicted molar refractivity (Wildman–Crippen MR) is 147 cm³/mol. The summed E-state index contributed by atoms with van der Waals surface area (Å²) >= 11 is 6.40. The molecule has 0 aromatic heterocycles. The Kier molecular flexibility index (Phi) is 11.7. The first-order valence-electron chi connectivity index (χ1n) is 13.2. The molecule has 1 aromatic rings. The number of fused-ring (bicyclic) bond motifs is 1. The number of aromatic hydroxyl groups is 2. The van der Waals surface area contributed by atoms with Crippen LogP contribution in [0.5, 0.6) is 11.5 Å². The number of rotatable bonds is 6. The summed E-state index contributed by atoms with van der Waals surface area (Å²) in [7, 11) is 0. The van der Waals surface area contributed by atoms with Crippen LogP contribution in [0.3, 0.4) is 0 Å². The van der Waals surface area contributed by atoms with E-state index in [-0.39, 0.29) is 41.0 Å². The van der Waals surface area contributed by atoms with E-state index < -0.39 is 23.6 Å². The first-order valence-corrected chi connectivity index (χ1v) is 13.6. The van der Waals surface area contributed by atoms with Crippen LogP contribution in [0.25, 0.3) is 0 Å². The Balaban J connectivity index is 1.87. The number of ether oxygens (including phenoxy) is 1. The molecule has 3 N–H and O–H groups in total. The molecule has 10 nitrogen and oxygen atoms in total. The molecule has 0 aliphatic carbocycles. The molecule has 39 heavy (non-hydrogen) atoms. The summed E-state index contributed by atoms with van der Waals surface area (Å²) in [4.78, 5) is 44.2. The van der Waals surface area contributed by atoms with Crippen molar-refractivity contribution < 1.29 is 34.2 Å². The molecule has 11 heteroatoms. The molecular weight excluding hydrogens is 526 g/mol. The van der Waals surface area contributed by atoms with Crippen LogP contribution in [0, 0.1) is 0 Å². The summed E-state index contributed by atoms with van der Waals surface area (Å²) in [5.41, 5.74) is 0.251. The third-order valence-electron chi connectivity index (χ3n) is 6.45. The molecular formula is C28H36ClN3O7. The van der Waals surface area contributed by atoms with Crippen LogP contribution in [0.4, 0.5) is 0 Å². The summed E-state index contributed by atoms with van der Waals surface area (Å²) in [6.45, 7) is 2.87. The highest BCUT2D eigenvalue weighted by Gasteiger charge is 2.26. The van der Waals surface area contributed by atoms with Crippen LogP contribution in [-0.4, -0.2) is 71.0 Å². The lowest BCUT2D eigenvalue weighted by Crippen LogP contribution is -2.37. The highest BCUT2D eigenvalue weighted by atomic mass is 35.5. The van der Waals surface area contributed by atoms with Gasteiger partial charge in [0.2, 0.25) is 5.91 Å². The van der Waals surface area contributed by atoms with Crippen LogP contribution in [-0.2, 0) is 25.6 Å². The minimum absolute atomic E-state index is 0.0774. The van der Waals surface area contributed by atoms with Crippen molar-refractivity contribution in [3.63, 3.8) is 0 Å². The second-order valence-electron chi connectivity index (χ2n) is 9.54. The van der Waals surface area contributed by atoms with Gasteiger partial charge in [0, 0.05) is 51.9 Å². The molecule has 0 saturated carbocycles. The summed E-state index contributed by atoms with van der Waals surface area (Å²) < 4.78 is 5.71. The van der Waals surface area contributed by atoms with Gasteiger partial charge in [-0.15, -0.1) is 0 Å². The topological polar surface area (TPSA) is 138 Å². The van der Waals surface area contributed by atoms with Gasteiger partial charge in [-0.05, 0) is 43.7 Å². The minimum atomic E-state index is -0.827. The van der Waals surface area contributed by atoms with Crippen molar-refractivity contribution in [2.45, 2.75) is 64.4 Å². The number of nitrogens with zero attached hydrogens (tertiary/aromatic N) is 2. The monoisotopic (exact) mass is 561 g/mol. The number of phenolic OH excluding ortho intramolecular Hbond substituents is 2. The zero-order valence-electron chi connectivity index (χ0n) is 22.2. The molecule has 0 radical (unpaired) electrons. The SMILES string of the molecule is CC(=O)NCCC1CC=CCCC=CC(=NOCC(=O)N2CCCCC2)Cc2c(Cl)c(O)cc(O)c2C(=O)O1. The molecule has 2 aliphatic rings. The van der Waals surface area contributed by atoms with E-state index in [1.54, 1.807) is 11.0 Å². The number of halogens is 1. The van der Waals surface area contributed by atoms with Crippen LogP contribution >= 0.6 is 11.6 Å². The fourth-order valence-corrected chi connectivity index (χ4v) is 4.62. The molecule has 2 heterocycles. The molecule has 212 valence electrons. The van der Waals surface area contributed by atoms with Gasteiger partial charge in [-0.2, -0.15) is 0 Å². The number of phenols is 2. The molecule has 0 spiro atoms. The van der Waals surface area contributed by atoms with Gasteiger partial charge in [-0.3, -0.25) is 9.59 Å². The minimum Gasteiger partial charge on any atom is -0.507 e. The second-order valence-corrected chi connectivity index (χ2v) is 9.92. The van der Waals surface area contributed by atoms with E-state index >= 15 is 0 Å². The number of nitrogens with one attached hydrogen (secondary N) is 1. The van der Waals surface area contributed by atoms with Gasteiger partial charge in [0.25, 0.3) is 5.91 Å². The van der Waals surface area contributed by atoms with E-state index in [2.05, 4.69) is 10.5 Å². The molecule has 1 aromatic carbocycles. The summed E-state index contributed by atoms with van der Waals surface area (Å²) in [5, 5.41) is 27.6. The quantitative estimate of drug-likeness (QED) is 0.271. The Morgan fingerprint density at radius 1 is 1.15 bits per heavy atom. The number of esters is 1. The first-order chi connectivity index (χ1) is 18.8.